The second kappa shape index (κ2) is 9.96. The minimum absolute atomic E-state index is 0.193. The fourth-order valence-corrected chi connectivity index (χ4v) is 5.71. The number of sulfonamides is 1. The van der Waals surface area contributed by atoms with Crippen LogP contribution in [0.25, 0.3) is 0 Å². The smallest absolute Gasteiger partial charge is 0.410 e. The van der Waals surface area contributed by atoms with E-state index in [-0.39, 0.29) is 22.8 Å². The molecule has 0 saturated carbocycles. The summed E-state index contributed by atoms with van der Waals surface area (Å²) in [5.74, 6) is 0.857. The Morgan fingerprint density at radius 2 is 1.77 bits per heavy atom. The van der Waals surface area contributed by atoms with Gasteiger partial charge in [-0.2, -0.15) is 4.31 Å². The molecule has 0 aliphatic carbocycles. The van der Waals surface area contributed by atoms with Crippen LogP contribution >= 0.6 is 11.6 Å². The minimum atomic E-state index is -3.61. The Kier molecular flexibility index (Phi) is 7.76. The molecule has 1 amide bonds. The number of nitrogens with zero attached hydrogens (tertiary/aromatic N) is 2. The molecule has 3 rings (SSSR count). The van der Waals surface area contributed by atoms with Crippen LogP contribution in [-0.2, 0) is 20.6 Å². The number of piperidine rings is 1. The van der Waals surface area contributed by atoms with E-state index in [9.17, 15) is 13.2 Å². The largest absolute Gasteiger partial charge is 0.492 e. The number of carbonyl (C=O) groups excluding carboxylic acids is 1. The number of rotatable bonds is 6. The van der Waals surface area contributed by atoms with Gasteiger partial charge < -0.3 is 14.4 Å². The second-order valence-corrected chi connectivity index (χ2v) is 11.4. The van der Waals surface area contributed by atoms with Gasteiger partial charge in [0.2, 0.25) is 10.0 Å². The van der Waals surface area contributed by atoms with Crippen LogP contribution in [-0.4, -0.2) is 62.1 Å². The predicted molar refractivity (Wildman–Crippen MR) is 120 cm³/mol. The van der Waals surface area contributed by atoms with Gasteiger partial charge in [0.1, 0.15) is 16.2 Å². The van der Waals surface area contributed by atoms with Crippen molar-refractivity contribution in [2.24, 2.45) is 5.92 Å². The van der Waals surface area contributed by atoms with Crippen LogP contribution in [0.3, 0.4) is 0 Å². The standard InChI is InChI=1S/C22H33ClN2O5S/c1-22(2,3)30-21(26)24-12-8-17(9-13-24)16-29-19-7-6-18(15-23)14-20(19)31(27,28)25-10-4-5-11-25/h6-7,14,17H,4-5,8-13,15-16H2,1-3H3. The topological polar surface area (TPSA) is 76.1 Å². The Labute approximate surface area is 190 Å². The van der Waals surface area contributed by atoms with Gasteiger partial charge in [-0.1, -0.05) is 6.07 Å². The quantitative estimate of drug-likeness (QED) is 0.579. The number of ether oxygens (including phenoxy) is 2. The van der Waals surface area contributed by atoms with E-state index < -0.39 is 15.6 Å². The van der Waals surface area contributed by atoms with Crippen molar-refractivity contribution in [3.05, 3.63) is 23.8 Å². The van der Waals surface area contributed by atoms with Gasteiger partial charge in [-0.3, -0.25) is 0 Å². The lowest BCUT2D eigenvalue weighted by molar-refractivity contribution is 0.0164. The van der Waals surface area contributed by atoms with Crippen molar-refractivity contribution in [1.29, 1.82) is 0 Å². The van der Waals surface area contributed by atoms with Crippen LogP contribution in [0.2, 0.25) is 0 Å². The summed E-state index contributed by atoms with van der Waals surface area (Å²) in [6, 6.07) is 5.13. The highest BCUT2D eigenvalue weighted by atomic mass is 35.5. The zero-order valence-corrected chi connectivity index (χ0v) is 20.2. The number of amides is 1. The third kappa shape index (κ3) is 6.26. The molecule has 1 aromatic rings. The van der Waals surface area contributed by atoms with E-state index in [0.29, 0.717) is 38.5 Å². The second-order valence-electron chi connectivity index (χ2n) is 9.25. The van der Waals surface area contributed by atoms with E-state index >= 15 is 0 Å². The summed E-state index contributed by atoms with van der Waals surface area (Å²) in [5, 5.41) is 0. The van der Waals surface area contributed by atoms with E-state index in [2.05, 4.69) is 0 Å². The Morgan fingerprint density at radius 3 is 2.35 bits per heavy atom. The molecule has 2 fully saturated rings. The molecule has 0 spiro atoms. The summed E-state index contributed by atoms with van der Waals surface area (Å²) < 4.78 is 39.3. The highest BCUT2D eigenvalue weighted by molar-refractivity contribution is 7.89. The summed E-state index contributed by atoms with van der Waals surface area (Å²) in [6.45, 7) is 8.26. The van der Waals surface area contributed by atoms with Crippen molar-refractivity contribution in [3.8, 4) is 5.75 Å². The molecule has 2 saturated heterocycles. The van der Waals surface area contributed by atoms with Crippen molar-refractivity contribution in [2.45, 2.75) is 62.8 Å². The Hall–Kier alpha value is -1.51. The Morgan fingerprint density at radius 1 is 1.13 bits per heavy atom. The molecule has 2 aliphatic heterocycles. The lowest BCUT2D eigenvalue weighted by Crippen LogP contribution is -2.42. The first-order valence-corrected chi connectivity index (χ1v) is 12.9. The van der Waals surface area contributed by atoms with Crippen LogP contribution in [0.4, 0.5) is 4.79 Å². The number of benzene rings is 1. The fraction of sp³-hybridized carbons (Fsp3) is 0.682. The highest BCUT2D eigenvalue weighted by Crippen LogP contribution is 2.31. The maximum atomic E-state index is 13.2. The van der Waals surface area contributed by atoms with Gasteiger partial charge in [-0.15, -0.1) is 11.6 Å². The molecule has 0 atom stereocenters. The Bertz CT molecular complexity index is 870. The molecule has 174 valence electrons. The maximum Gasteiger partial charge on any atom is 0.410 e. The number of likely N-dealkylation sites (tertiary alicyclic amines) is 1. The van der Waals surface area contributed by atoms with Crippen LogP contribution in [0.1, 0.15) is 52.0 Å². The molecular formula is C22H33ClN2O5S. The number of carbonyl (C=O) groups is 1. The summed E-state index contributed by atoms with van der Waals surface area (Å²) >= 11 is 5.95. The number of halogens is 1. The van der Waals surface area contributed by atoms with Crippen LogP contribution in [0.5, 0.6) is 5.75 Å². The molecule has 2 heterocycles. The Balaban J connectivity index is 1.63. The van der Waals surface area contributed by atoms with Gasteiger partial charge in [0.05, 0.1) is 6.61 Å². The third-order valence-electron chi connectivity index (χ3n) is 5.59. The molecule has 0 radical (unpaired) electrons. The lowest BCUT2D eigenvalue weighted by atomic mass is 9.98. The predicted octanol–water partition coefficient (Wildman–Crippen LogP) is 4.24. The summed E-state index contributed by atoms with van der Waals surface area (Å²) in [5.41, 5.74) is 0.237. The van der Waals surface area contributed by atoms with E-state index in [0.717, 1.165) is 31.2 Å². The molecular weight excluding hydrogens is 440 g/mol. The van der Waals surface area contributed by atoms with Crippen molar-refractivity contribution in [2.75, 3.05) is 32.8 Å². The molecule has 0 aromatic heterocycles. The first-order valence-electron chi connectivity index (χ1n) is 10.9. The van der Waals surface area contributed by atoms with Gasteiger partial charge in [0.25, 0.3) is 0 Å². The van der Waals surface area contributed by atoms with Crippen molar-refractivity contribution >= 4 is 27.7 Å². The number of alkyl halides is 1. The SMILES string of the molecule is CC(C)(C)OC(=O)N1CCC(COc2ccc(CCl)cc2S(=O)(=O)N2CCCC2)CC1. The summed E-state index contributed by atoms with van der Waals surface area (Å²) in [4.78, 5) is 14.1. The average molecular weight is 473 g/mol. The van der Waals surface area contributed by atoms with E-state index in [1.54, 1.807) is 23.1 Å². The van der Waals surface area contributed by atoms with Crippen LogP contribution < -0.4 is 4.74 Å². The lowest BCUT2D eigenvalue weighted by Gasteiger charge is -2.33. The highest BCUT2D eigenvalue weighted by Gasteiger charge is 2.31. The van der Waals surface area contributed by atoms with Crippen molar-refractivity contribution in [3.63, 3.8) is 0 Å². The van der Waals surface area contributed by atoms with Crippen molar-refractivity contribution in [1.82, 2.24) is 9.21 Å². The van der Waals surface area contributed by atoms with Gasteiger partial charge in [0, 0.05) is 32.1 Å². The van der Waals surface area contributed by atoms with E-state index in [1.807, 2.05) is 20.8 Å². The molecule has 9 heteroatoms. The zero-order chi connectivity index (χ0) is 22.6. The zero-order valence-electron chi connectivity index (χ0n) is 18.6. The fourth-order valence-electron chi connectivity index (χ4n) is 3.84. The average Bonchev–Trinajstić information content (AvgIpc) is 3.27. The molecule has 7 nitrogen and oxygen atoms in total. The van der Waals surface area contributed by atoms with Crippen molar-refractivity contribution < 1.29 is 22.7 Å². The van der Waals surface area contributed by atoms with Crippen LogP contribution in [0, 0.1) is 5.92 Å². The maximum absolute atomic E-state index is 13.2. The summed E-state index contributed by atoms with van der Waals surface area (Å²) in [7, 11) is -3.61. The minimum Gasteiger partial charge on any atom is -0.492 e. The van der Waals surface area contributed by atoms with E-state index in [1.165, 1.54) is 4.31 Å². The molecule has 31 heavy (non-hydrogen) atoms. The molecule has 2 aliphatic rings. The van der Waals surface area contributed by atoms with Crippen LogP contribution in [0.15, 0.2) is 23.1 Å². The third-order valence-corrected chi connectivity index (χ3v) is 7.81. The molecule has 1 aromatic carbocycles. The monoisotopic (exact) mass is 472 g/mol. The number of hydrogen-bond acceptors (Lipinski definition) is 5. The van der Waals surface area contributed by atoms with Gasteiger partial charge in [0.15, 0.2) is 0 Å². The normalized spacial score (nSPS) is 18.9. The first-order chi connectivity index (χ1) is 14.6. The van der Waals surface area contributed by atoms with Gasteiger partial charge >= 0.3 is 6.09 Å². The van der Waals surface area contributed by atoms with Gasteiger partial charge in [-0.05, 0) is 70.1 Å². The molecule has 0 N–H and O–H groups in total. The number of hydrogen-bond donors (Lipinski definition) is 0. The molecule has 0 bridgehead atoms. The van der Waals surface area contributed by atoms with Gasteiger partial charge in [-0.25, -0.2) is 13.2 Å². The summed E-state index contributed by atoms with van der Waals surface area (Å²) in [6.07, 6.45) is 3.03. The first kappa shape index (κ1) is 24.1. The van der Waals surface area contributed by atoms with E-state index in [4.69, 9.17) is 21.1 Å². The molecule has 0 unspecified atom stereocenters.